The Bertz CT molecular complexity index is 1820. The molecule has 0 aromatic heterocycles. The quantitative estimate of drug-likeness (QED) is 0.0585. The van der Waals surface area contributed by atoms with Crippen LogP contribution < -0.4 is 49.5 Å². The van der Waals surface area contributed by atoms with Gasteiger partial charge in [-0.15, -0.1) is 0 Å². The second kappa shape index (κ2) is 19.3. The maximum absolute atomic E-state index is 14.0. The second-order valence-corrected chi connectivity index (χ2v) is 12.7. The van der Waals surface area contributed by atoms with Crippen molar-refractivity contribution in [3.8, 4) is 5.75 Å². The van der Waals surface area contributed by atoms with Crippen LogP contribution in [0.2, 0.25) is 0 Å². The number of fused-ring (bicyclic) bond motifs is 1. The van der Waals surface area contributed by atoms with Gasteiger partial charge >= 0.3 is 0 Å². The standard InChI is InChI=1S/C36H47N11O6/c37-35(38)41-15-3-7-26-31(50)43-20-30(49)44-28(19-22-9-12-23-5-1-2-6-24(23)17-22)33(52)47-29(18-21-10-13-25(48)14-11-21)34(53)46-27(32(51)45-26)8-4-16-42-36(39)40/h1-2,5-6,9-14,17,26-29,48H,3-4,7-8,15-16,18-20H2,(H,43,50)(H,44,49)(H,45,51)(H,46,53)(H,47,52)(H4,37,38,41)(H4,39,40,42)/t26-,27-,28-,29+/m1/s1. The van der Waals surface area contributed by atoms with E-state index < -0.39 is 60.2 Å². The minimum Gasteiger partial charge on any atom is -0.508 e. The van der Waals surface area contributed by atoms with E-state index in [1.165, 1.54) is 12.1 Å². The van der Waals surface area contributed by atoms with Crippen LogP contribution >= 0.6 is 0 Å². The number of nitrogens with two attached hydrogens (primary N) is 4. The van der Waals surface area contributed by atoms with Gasteiger partial charge in [0.15, 0.2) is 11.9 Å². The number of nitrogens with zero attached hydrogens (tertiary/aromatic N) is 2. The molecule has 5 amide bonds. The number of aromatic hydroxyl groups is 1. The first-order valence-electron chi connectivity index (χ1n) is 17.2. The van der Waals surface area contributed by atoms with Crippen molar-refractivity contribution in [1.82, 2.24) is 26.6 Å². The molecule has 3 aromatic rings. The molecule has 0 unspecified atom stereocenters. The maximum Gasteiger partial charge on any atom is 0.243 e. The van der Waals surface area contributed by atoms with E-state index in [-0.39, 0.29) is 62.9 Å². The summed E-state index contributed by atoms with van der Waals surface area (Å²) in [6, 6.07) is 14.7. The number of hydrogen-bond acceptors (Lipinski definition) is 8. The van der Waals surface area contributed by atoms with E-state index in [1.807, 2.05) is 42.5 Å². The van der Waals surface area contributed by atoms with E-state index >= 15 is 0 Å². The Hall–Kier alpha value is -6.39. The summed E-state index contributed by atoms with van der Waals surface area (Å²) in [5, 5.41) is 25.2. The van der Waals surface area contributed by atoms with Crippen molar-refractivity contribution in [2.24, 2.45) is 32.9 Å². The van der Waals surface area contributed by atoms with Crippen molar-refractivity contribution in [3.63, 3.8) is 0 Å². The molecule has 4 rings (SSSR count). The number of carbonyl (C=O) groups excluding carboxylic acids is 5. The summed E-state index contributed by atoms with van der Waals surface area (Å²) in [6.07, 6.45) is 0.777. The van der Waals surface area contributed by atoms with E-state index in [9.17, 15) is 29.1 Å². The van der Waals surface area contributed by atoms with Gasteiger partial charge in [0.1, 0.15) is 29.9 Å². The Labute approximate surface area is 306 Å². The van der Waals surface area contributed by atoms with Crippen molar-refractivity contribution < 1.29 is 29.1 Å². The van der Waals surface area contributed by atoms with Crippen LogP contribution in [-0.4, -0.2) is 90.4 Å². The molecule has 0 bridgehead atoms. The zero-order valence-corrected chi connectivity index (χ0v) is 29.2. The number of hydrogen-bond donors (Lipinski definition) is 10. The first-order chi connectivity index (χ1) is 25.4. The number of rotatable bonds is 12. The van der Waals surface area contributed by atoms with E-state index in [2.05, 4.69) is 36.6 Å². The monoisotopic (exact) mass is 729 g/mol. The summed E-state index contributed by atoms with van der Waals surface area (Å²) in [5.41, 5.74) is 23.1. The van der Waals surface area contributed by atoms with Crippen LogP contribution in [0.25, 0.3) is 10.8 Å². The van der Waals surface area contributed by atoms with Crippen LogP contribution in [0.4, 0.5) is 0 Å². The molecule has 1 aliphatic heterocycles. The van der Waals surface area contributed by atoms with Gasteiger partial charge in [0.2, 0.25) is 29.5 Å². The lowest BCUT2D eigenvalue weighted by atomic mass is 9.99. The fraction of sp³-hybridized carbons (Fsp3) is 0.361. The van der Waals surface area contributed by atoms with Gasteiger partial charge in [-0.3, -0.25) is 34.0 Å². The first-order valence-corrected chi connectivity index (χ1v) is 17.2. The number of guanidine groups is 2. The Morgan fingerprint density at radius 1 is 0.604 bits per heavy atom. The summed E-state index contributed by atoms with van der Waals surface area (Å²) >= 11 is 0. The SMILES string of the molecule is NC(N)=NCCC[C@H]1NC(=O)[C@H](Cc2ccc(O)cc2)NC(=O)[C@@H](Cc2ccc3ccccc3c2)NC(=O)CNC(=O)[C@@H](CCCN=C(N)N)NC1=O. The summed E-state index contributed by atoms with van der Waals surface area (Å²) < 4.78 is 0. The topological polar surface area (TPSA) is 295 Å². The molecule has 1 aliphatic rings. The second-order valence-electron chi connectivity index (χ2n) is 12.7. The molecule has 0 radical (unpaired) electrons. The Morgan fingerprint density at radius 2 is 1.09 bits per heavy atom. The fourth-order valence-electron chi connectivity index (χ4n) is 5.79. The number of nitrogens with one attached hydrogen (secondary N) is 5. The average Bonchev–Trinajstić information content (AvgIpc) is 3.12. The lowest BCUT2D eigenvalue weighted by Gasteiger charge is -2.26. The van der Waals surface area contributed by atoms with Gasteiger partial charge in [0.05, 0.1) is 6.54 Å². The third-order valence-electron chi connectivity index (χ3n) is 8.49. The zero-order chi connectivity index (χ0) is 38.3. The molecule has 1 saturated heterocycles. The number of amides is 5. The number of carbonyl (C=O) groups is 5. The molecule has 0 saturated carbocycles. The number of phenolic OH excluding ortho intramolecular Hbond substituents is 1. The highest BCUT2D eigenvalue weighted by atomic mass is 16.3. The highest BCUT2D eigenvalue weighted by Crippen LogP contribution is 2.18. The highest BCUT2D eigenvalue weighted by Gasteiger charge is 2.32. The van der Waals surface area contributed by atoms with Gasteiger partial charge in [-0.1, -0.05) is 54.6 Å². The predicted octanol–water partition coefficient (Wildman–Crippen LogP) is -1.49. The summed E-state index contributed by atoms with van der Waals surface area (Å²) in [7, 11) is 0. The molecule has 0 spiro atoms. The molecule has 3 aromatic carbocycles. The minimum atomic E-state index is -1.23. The van der Waals surface area contributed by atoms with Crippen LogP contribution in [-0.2, 0) is 36.8 Å². The van der Waals surface area contributed by atoms with Crippen molar-refractivity contribution >= 4 is 52.2 Å². The predicted molar refractivity (Wildman–Crippen MR) is 200 cm³/mol. The number of benzene rings is 3. The van der Waals surface area contributed by atoms with Crippen molar-refractivity contribution in [2.45, 2.75) is 62.7 Å². The summed E-state index contributed by atoms with van der Waals surface area (Å²) in [5.74, 6) is -3.66. The van der Waals surface area contributed by atoms with Gasteiger partial charge in [0.25, 0.3) is 0 Å². The minimum absolute atomic E-state index is 0.0102. The largest absolute Gasteiger partial charge is 0.508 e. The summed E-state index contributed by atoms with van der Waals surface area (Å²) in [4.78, 5) is 76.3. The van der Waals surface area contributed by atoms with Gasteiger partial charge in [0, 0.05) is 25.9 Å². The Morgan fingerprint density at radius 3 is 1.70 bits per heavy atom. The first kappa shape index (κ1) is 39.4. The third kappa shape index (κ3) is 12.7. The molecule has 1 heterocycles. The molecule has 4 atom stereocenters. The smallest absolute Gasteiger partial charge is 0.243 e. The lowest BCUT2D eigenvalue weighted by molar-refractivity contribution is -0.134. The lowest BCUT2D eigenvalue weighted by Crippen LogP contribution is -2.58. The van der Waals surface area contributed by atoms with Crippen molar-refractivity contribution in [1.29, 1.82) is 0 Å². The molecule has 0 aliphatic carbocycles. The zero-order valence-electron chi connectivity index (χ0n) is 29.2. The van der Waals surface area contributed by atoms with Gasteiger partial charge in [-0.2, -0.15) is 0 Å². The maximum atomic E-state index is 14.0. The molecular formula is C36H47N11O6. The molecule has 282 valence electrons. The van der Waals surface area contributed by atoms with Crippen LogP contribution in [0.15, 0.2) is 76.7 Å². The highest BCUT2D eigenvalue weighted by molar-refractivity contribution is 5.97. The molecule has 14 N–H and O–H groups in total. The van der Waals surface area contributed by atoms with Crippen molar-refractivity contribution in [2.75, 3.05) is 19.6 Å². The van der Waals surface area contributed by atoms with E-state index in [1.54, 1.807) is 12.1 Å². The molecule has 17 heteroatoms. The van der Waals surface area contributed by atoms with Gasteiger partial charge in [-0.05, 0) is 59.7 Å². The van der Waals surface area contributed by atoms with Crippen LogP contribution in [0.1, 0.15) is 36.8 Å². The number of phenols is 1. The molecule has 53 heavy (non-hydrogen) atoms. The van der Waals surface area contributed by atoms with Gasteiger partial charge in [-0.25, -0.2) is 0 Å². The fourth-order valence-corrected chi connectivity index (χ4v) is 5.79. The Balaban J connectivity index is 1.69. The van der Waals surface area contributed by atoms with Crippen LogP contribution in [0, 0.1) is 0 Å². The van der Waals surface area contributed by atoms with Crippen molar-refractivity contribution in [3.05, 3.63) is 77.9 Å². The van der Waals surface area contributed by atoms with Crippen LogP contribution in [0.3, 0.4) is 0 Å². The Kier molecular flexibility index (Phi) is 14.3. The average molecular weight is 730 g/mol. The molecule has 17 nitrogen and oxygen atoms in total. The normalized spacial score (nSPS) is 20.0. The number of aliphatic imine (C=N–C) groups is 2. The molecular weight excluding hydrogens is 682 g/mol. The van der Waals surface area contributed by atoms with Gasteiger partial charge < -0.3 is 54.6 Å². The molecule has 1 fully saturated rings. The van der Waals surface area contributed by atoms with E-state index in [0.29, 0.717) is 12.0 Å². The summed E-state index contributed by atoms with van der Waals surface area (Å²) in [6.45, 7) is -0.177. The third-order valence-corrected chi connectivity index (χ3v) is 8.49. The van der Waals surface area contributed by atoms with E-state index in [4.69, 9.17) is 22.9 Å². The van der Waals surface area contributed by atoms with Crippen LogP contribution in [0.5, 0.6) is 5.75 Å². The van der Waals surface area contributed by atoms with E-state index in [0.717, 1.165) is 16.3 Å².